The zero-order valence-corrected chi connectivity index (χ0v) is 26.4. The van der Waals surface area contributed by atoms with Gasteiger partial charge < -0.3 is 29.0 Å². The van der Waals surface area contributed by atoms with Gasteiger partial charge in [-0.1, -0.05) is 23.8 Å². The Morgan fingerprint density at radius 3 is 2.57 bits per heavy atom. The molecule has 12 nitrogen and oxygen atoms in total. The van der Waals surface area contributed by atoms with Crippen LogP contribution in [-0.2, 0) is 22.6 Å². The minimum Gasteiger partial charge on any atom is -0.497 e. The highest BCUT2D eigenvalue weighted by Gasteiger charge is 2.33. The number of aromatic nitrogens is 3. The van der Waals surface area contributed by atoms with Crippen molar-refractivity contribution in [1.29, 1.82) is 0 Å². The van der Waals surface area contributed by atoms with Crippen molar-refractivity contribution in [2.24, 2.45) is 0 Å². The molecule has 1 fully saturated rings. The van der Waals surface area contributed by atoms with Crippen molar-refractivity contribution in [3.05, 3.63) is 63.7 Å². The number of nitrogens with one attached hydrogen (secondary N) is 1. The van der Waals surface area contributed by atoms with E-state index in [1.807, 2.05) is 24.8 Å². The number of benzene rings is 1. The molecule has 3 aromatic rings. The smallest absolute Gasteiger partial charge is 0.407 e. The molecule has 3 heterocycles. The number of ether oxygens (including phenoxy) is 3. The maximum atomic E-state index is 14.0. The van der Waals surface area contributed by atoms with Crippen molar-refractivity contribution in [2.45, 2.75) is 72.2 Å². The second kappa shape index (κ2) is 13.4. The van der Waals surface area contributed by atoms with Crippen LogP contribution in [-0.4, -0.2) is 70.9 Å². The Morgan fingerprint density at radius 1 is 1.16 bits per heavy atom. The molecule has 1 atom stereocenters. The molecule has 1 aromatic carbocycles. The van der Waals surface area contributed by atoms with E-state index < -0.39 is 23.2 Å². The number of amides is 1. The Balaban J connectivity index is 1.81. The molecule has 0 radical (unpaired) electrons. The molecule has 1 N–H and O–H groups in total. The number of Topliss-reactive ketones (excluding diaryl/α,β-unsaturated/α-hetero) is 1. The number of alkyl carbamates (subject to hydrolysis) is 1. The molecule has 44 heavy (non-hydrogen) atoms. The topological polar surface area (TPSA) is 134 Å². The summed E-state index contributed by atoms with van der Waals surface area (Å²) in [6.07, 6.45) is 4.15. The average molecular weight is 608 g/mol. The fourth-order valence-electron chi connectivity index (χ4n) is 5.24. The first-order chi connectivity index (χ1) is 20.8. The lowest BCUT2D eigenvalue weighted by molar-refractivity contribution is 0.0498. The molecule has 1 saturated heterocycles. The van der Waals surface area contributed by atoms with Crippen LogP contribution in [0.1, 0.15) is 68.2 Å². The van der Waals surface area contributed by atoms with Crippen molar-refractivity contribution in [3.8, 4) is 5.75 Å². The van der Waals surface area contributed by atoms with Gasteiger partial charge in [0, 0.05) is 31.2 Å². The molecule has 12 heteroatoms. The Morgan fingerprint density at radius 2 is 1.91 bits per heavy atom. The summed E-state index contributed by atoms with van der Waals surface area (Å²) in [4.78, 5) is 59.6. The molecule has 1 amide bonds. The number of hydrogen-bond acceptors (Lipinski definition) is 9. The van der Waals surface area contributed by atoms with Crippen LogP contribution < -0.4 is 20.5 Å². The Labute approximate surface area is 256 Å². The molecule has 1 unspecified atom stereocenters. The van der Waals surface area contributed by atoms with Crippen LogP contribution in [0.4, 0.5) is 10.6 Å². The lowest BCUT2D eigenvalue weighted by atomic mass is 10.1. The van der Waals surface area contributed by atoms with Crippen LogP contribution >= 0.6 is 0 Å². The quantitative estimate of drug-likeness (QED) is 0.214. The predicted molar refractivity (Wildman–Crippen MR) is 167 cm³/mol. The van der Waals surface area contributed by atoms with E-state index in [-0.39, 0.29) is 41.5 Å². The number of rotatable bonds is 9. The summed E-state index contributed by atoms with van der Waals surface area (Å²) in [5.74, 6) is 0.0672. The molecule has 0 saturated carbocycles. The Hall–Kier alpha value is -4.61. The van der Waals surface area contributed by atoms with Crippen molar-refractivity contribution < 1.29 is 28.6 Å². The molecule has 4 rings (SSSR count). The van der Waals surface area contributed by atoms with E-state index in [9.17, 15) is 19.2 Å². The van der Waals surface area contributed by atoms with Gasteiger partial charge in [-0.2, -0.15) is 0 Å². The third kappa shape index (κ3) is 7.29. The lowest BCUT2D eigenvalue weighted by Gasteiger charge is -2.35. The van der Waals surface area contributed by atoms with Gasteiger partial charge in [0.05, 0.1) is 27.1 Å². The number of esters is 1. The normalized spacial score (nSPS) is 15.1. The van der Waals surface area contributed by atoms with Gasteiger partial charge in [0.15, 0.2) is 5.78 Å². The van der Waals surface area contributed by atoms with Crippen molar-refractivity contribution in [1.82, 2.24) is 19.4 Å². The van der Waals surface area contributed by atoms with Crippen LogP contribution in [0.2, 0.25) is 0 Å². The Bertz CT molecular complexity index is 1640. The van der Waals surface area contributed by atoms with E-state index in [1.165, 1.54) is 25.1 Å². The molecule has 2 aromatic heterocycles. The van der Waals surface area contributed by atoms with Gasteiger partial charge in [0.25, 0.3) is 5.56 Å². The van der Waals surface area contributed by atoms with E-state index in [1.54, 1.807) is 49.6 Å². The van der Waals surface area contributed by atoms with E-state index in [0.29, 0.717) is 30.2 Å². The van der Waals surface area contributed by atoms with Gasteiger partial charge in [0.2, 0.25) is 0 Å². The minimum absolute atomic E-state index is 0.158. The summed E-state index contributed by atoms with van der Waals surface area (Å²) in [7, 11) is 2.80. The van der Waals surface area contributed by atoms with E-state index in [2.05, 4.69) is 10.3 Å². The van der Waals surface area contributed by atoms with Crippen LogP contribution in [0, 0.1) is 0 Å². The van der Waals surface area contributed by atoms with Crippen LogP contribution in [0.25, 0.3) is 11.0 Å². The second-order valence-electron chi connectivity index (χ2n) is 12.0. The van der Waals surface area contributed by atoms with Gasteiger partial charge in [-0.25, -0.2) is 14.6 Å². The third-order valence-electron chi connectivity index (χ3n) is 7.22. The van der Waals surface area contributed by atoms with E-state index in [4.69, 9.17) is 14.2 Å². The third-order valence-corrected chi connectivity index (χ3v) is 7.22. The van der Waals surface area contributed by atoms with Crippen molar-refractivity contribution in [2.75, 3.05) is 32.2 Å². The number of carbonyl (C=O) groups is 3. The standard InChI is InChI=1S/C32H41N5O7/c1-20(2)13-15-37-27-26(33-19-36(29(27)39)18-24(38)21-10-8-12-23(16-21)42-6)25(30(40)43-7)28(37)35-14-9-11-22(17-35)34-31(41)44-32(3,4)5/h8,10,12-13,16,19,22H,9,11,14-15,17-18H2,1-7H3,(H,34,41). The number of ketones is 1. The molecular weight excluding hydrogens is 566 g/mol. The van der Waals surface area contributed by atoms with Gasteiger partial charge >= 0.3 is 12.1 Å². The first-order valence-corrected chi connectivity index (χ1v) is 14.6. The highest BCUT2D eigenvalue weighted by atomic mass is 16.6. The summed E-state index contributed by atoms with van der Waals surface area (Å²) >= 11 is 0. The molecule has 1 aliphatic heterocycles. The summed E-state index contributed by atoms with van der Waals surface area (Å²) in [6, 6.07) is 6.45. The van der Waals surface area contributed by atoms with Gasteiger partial charge in [-0.3, -0.25) is 14.2 Å². The summed E-state index contributed by atoms with van der Waals surface area (Å²) < 4.78 is 18.9. The largest absolute Gasteiger partial charge is 0.497 e. The monoisotopic (exact) mass is 607 g/mol. The second-order valence-corrected chi connectivity index (χ2v) is 12.0. The number of anilines is 1. The van der Waals surface area contributed by atoms with Crippen molar-refractivity contribution in [3.63, 3.8) is 0 Å². The summed E-state index contributed by atoms with van der Waals surface area (Å²) in [5.41, 5.74) is 0.817. The molecule has 0 spiro atoms. The van der Waals surface area contributed by atoms with E-state index >= 15 is 0 Å². The number of fused-ring (bicyclic) bond motifs is 1. The summed E-state index contributed by atoms with van der Waals surface area (Å²) in [6.45, 7) is 10.3. The molecule has 0 aliphatic carbocycles. The predicted octanol–water partition coefficient (Wildman–Crippen LogP) is 4.34. The number of carbonyl (C=O) groups excluding carboxylic acids is 3. The van der Waals surface area contributed by atoms with Crippen LogP contribution in [0.3, 0.4) is 0 Å². The lowest BCUT2D eigenvalue weighted by Crippen LogP contribution is -2.49. The molecule has 1 aliphatic rings. The van der Waals surface area contributed by atoms with Gasteiger partial charge in [0.1, 0.15) is 33.8 Å². The number of piperidine rings is 1. The molecular formula is C32H41N5O7. The van der Waals surface area contributed by atoms with Crippen molar-refractivity contribution >= 4 is 34.7 Å². The number of nitrogens with zero attached hydrogens (tertiary/aromatic N) is 4. The highest BCUT2D eigenvalue weighted by Crippen LogP contribution is 2.33. The van der Waals surface area contributed by atoms with Crippen LogP contribution in [0.15, 0.2) is 47.0 Å². The fourth-order valence-corrected chi connectivity index (χ4v) is 5.24. The van der Waals surface area contributed by atoms with E-state index in [0.717, 1.165) is 18.4 Å². The zero-order valence-electron chi connectivity index (χ0n) is 26.4. The Kier molecular flexibility index (Phi) is 9.81. The highest BCUT2D eigenvalue weighted by molar-refractivity contribution is 6.08. The minimum atomic E-state index is -0.646. The molecule has 236 valence electrons. The zero-order chi connectivity index (χ0) is 32.2. The number of hydrogen-bond donors (Lipinski definition) is 1. The fraction of sp³-hybridized carbons (Fsp3) is 0.469. The first kappa shape index (κ1) is 32.3. The average Bonchev–Trinajstić information content (AvgIpc) is 3.31. The number of allylic oxidation sites excluding steroid dienone is 2. The van der Waals surface area contributed by atoms with Gasteiger partial charge in [-0.15, -0.1) is 0 Å². The maximum Gasteiger partial charge on any atom is 0.407 e. The maximum absolute atomic E-state index is 14.0. The number of methoxy groups -OCH3 is 2. The first-order valence-electron chi connectivity index (χ1n) is 14.6. The summed E-state index contributed by atoms with van der Waals surface area (Å²) in [5, 5.41) is 2.94. The van der Waals surface area contributed by atoms with Crippen LogP contribution in [0.5, 0.6) is 5.75 Å². The van der Waals surface area contributed by atoms with Gasteiger partial charge in [-0.05, 0) is 59.6 Å². The molecule has 0 bridgehead atoms. The SMILES string of the molecule is COC(=O)c1c(N2CCCC(NC(=O)OC(C)(C)C)C2)n(CC=C(C)C)c2c(=O)n(CC(=O)c3cccc(OC)c3)cnc12.